The van der Waals surface area contributed by atoms with Crippen LogP contribution in [0.25, 0.3) is 0 Å². The molecule has 0 bridgehead atoms. The summed E-state index contributed by atoms with van der Waals surface area (Å²) in [5, 5.41) is 3.36. The minimum Gasteiger partial charge on any atom is -0.468 e. The van der Waals surface area contributed by atoms with Crippen LogP contribution in [0.5, 0.6) is 0 Å². The van der Waals surface area contributed by atoms with Gasteiger partial charge in [-0.05, 0) is 31.2 Å². The highest BCUT2D eigenvalue weighted by atomic mass is 32.2. The van der Waals surface area contributed by atoms with E-state index in [0.29, 0.717) is 0 Å². The van der Waals surface area contributed by atoms with Gasteiger partial charge in [0.15, 0.2) is 9.84 Å². The Balaban J connectivity index is 2.31. The van der Waals surface area contributed by atoms with Crippen molar-refractivity contribution in [2.75, 3.05) is 13.6 Å². The lowest BCUT2D eigenvalue weighted by molar-refractivity contribution is -0.138. The highest BCUT2D eigenvalue weighted by Crippen LogP contribution is 2.29. The Kier molecular flexibility index (Phi) is 5.40. The molecule has 8 heteroatoms. The predicted octanol–water partition coefficient (Wildman–Crippen LogP) is 0.965. The fourth-order valence-corrected chi connectivity index (χ4v) is 3.70. The molecular weight excluding hydrogens is 332 g/mol. The van der Waals surface area contributed by atoms with Crippen molar-refractivity contribution in [2.45, 2.75) is 17.1 Å². The van der Waals surface area contributed by atoms with Gasteiger partial charge in [0, 0.05) is 13.6 Å². The molecule has 0 saturated carbocycles. The molecule has 0 aliphatic carbocycles. The third kappa shape index (κ3) is 3.83. The third-order valence-electron chi connectivity index (χ3n) is 3.47. The Morgan fingerprint density at radius 1 is 1.12 bits per heavy atom. The highest BCUT2D eigenvalue weighted by molar-refractivity contribution is 7.91. The van der Waals surface area contributed by atoms with Crippen LogP contribution in [0.15, 0.2) is 52.0 Å². The maximum Gasteiger partial charge on any atom is 0.309 e. The molecule has 2 rings (SSSR count). The molecule has 24 heavy (non-hydrogen) atoms. The first-order chi connectivity index (χ1) is 11.4. The molecule has 2 N–H and O–H groups in total. The summed E-state index contributed by atoms with van der Waals surface area (Å²) in [7, 11) is -2.49. The standard InChI is InChI=1S/C16H18N2O5S/c1-11-5-7-12(8-6-11)24(21,22)14(13-4-3-9-23-13)10-18-16(20)15(19)17-2/h3-9,14H,10H2,1-2H3,(H,17,19)(H,18,20)/t14-/m0/s1. The Hall–Kier alpha value is -2.61. The Bertz CT molecular complexity index is 811. The maximum absolute atomic E-state index is 12.9. The van der Waals surface area contributed by atoms with E-state index in [1.165, 1.54) is 31.5 Å². The van der Waals surface area contributed by atoms with Crippen molar-refractivity contribution >= 4 is 21.7 Å². The van der Waals surface area contributed by atoms with E-state index >= 15 is 0 Å². The van der Waals surface area contributed by atoms with E-state index in [1.54, 1.807) is 18.2 Å². The Morgan fingerprint density at radius 3 is 2.33 bits per heavy atom. The minimum absolute atomic E-state index is 0.115. The van der Waals surface area contributed by atoms with Crippen molar-refractivity contribution in [1.82, 2.24) is 10.6 Å². The zero-order chi connectivity index (χ0) is 17.7. The first kappa shape index (κ1) is 17.7. The average molecular weight is 350 g/mol. The molecule has 0 radical (unpaired) electrons. The molecule has 1 atom stereocenters. The summed E-state index contributed by atoms with van der Waals surface area (Å²) in [6.45, 7) is 1.57. The fraction of sp³-hybridized carbons (Fsp3) is 0.250. The number of carbonyl (C=O) groups is 2. The quantitative estimate of drug-likeness (QED) is 0.782. The van der Waals surface area contributed by atoms with Crippen LogP contribution >= 0.6 is 0 Å². The van der Waals surface area contributed by atoms with E-state index in [0.717, 1.165) is 5.56 Å². The molecule has 1 aromatic carbocycles. The van der Waals surface area contributed by atoms with Gasteiger partial charge in [0.25, 0.3) is 0 Å². The van der Waals surface area contributed by atoms with Gasteiger partial charge in [-0.25, -0.2) is 8.42 Å². The van der Waals surface area contributed by atoms with Crippen LogP contribution in [-0.4, -0.2) is 33.8 Å². The molecule has 2 aromatic rings. The minimum atomic E-state index is -3.81. The molecule has 128 valence electrons. The second kappa shape index (κ2) is 7.31. The van der Waals surface area contributed by atoms with Gasteiger partial charge < -0.3 is 15.1 Å². The molecule has 2 amide bonds. The molecule has 0 fully saturated rings. The topological polar surface area (TPSA) is 105 Å². The van der Waals surface area contributed by atoms with Gasteiger partial charge in [-0.2, -0.15) is 0 Å². The Labute approximate surface area is 140 Å². The van der Waals surface area contributed by atoms with Crippen molar-refractivity contribution in [3.05, 3.63) is 54.0 Å². The number of likely N-dealkylation sites (N-methyl/N-ethyl adjacent to an activating group) is 1. The number of hydrogen-bond donors (Lipinski definition) is 2. The normalized spacial score (nSPS) is 12.4. The Morgan fingerprint density at radius 2 is 1.79 bits per heavy atom. The third-order valence-corrected chi connectivity index (χ3v) is 5.54. The number of benzene rings is 1. The van der Waals surface area contributed by atoms with Crippen molar-refractivity contribution in [1.29, 1.82) is 0 Å². The molecule has 7 nitrogen and oxygen atoms in total. The van der Waals surface area contributed by atoms with Crippen LogP contribution in [0, 0.1) is 6.92 Å². The summed E-state index contributed by atoms with van der Waals surface area (Å²) < 4.78 is 31.0. The molecule has 0 aliphatic heterocycles. The zero-order valence-electron chi connectivity index (χ0n) is 13.3. The molecule has 0 saturated heterocycles. The van der Waals surface area contributed by atoms with Gasteiger partial charge in [-0.3, -0.25) is 9.59 Å². The number of sulfone groups is 1. The van der Waals surface area contributed by atoms with Crippen LogP contribution in [0.3, 0.4) is 0 Å². The molecule has 1 aromatic heterocycles. The molecular formula is C16H18N2O5S. The number of carbonyl (C=O) groups excluding carboxylic acids is 2. The molecule has 0 aliphatic rings. The van der Waals surface area contributed by atoms with E-state index in [-0.39, 0.29) is 17.2 Å². The highest BCUT2D eigenvalue weighted by Gasteiger charge is 2.32. The van der Waals surface area contributed by atoms with Gasteiger partial charge in [0.2, 0.25) is 0 Å². The lowest BCUT2D eigenvalue weighted by Gasteiger charge is -2.16. The van der Waals surface area contributed by atoms with E-state index in [1.807, 2.05) is 6.92 Å². The van der Waals surface area contributed by atoms with Gasteiger partial charge >= 0.3 is 11.8 Å². The van der Waals surface area contributed by atoms with Gasteiger partial charge in [0.1, 0.15) is 11.0 Å². The fourth-order valence-electron chi connectivity index (χ4n) is 2.11. The lowest BCUT2D eigenvalue weighted by Crippen LogP contribution is -2.40. The summed E-state index contributed by atoms with van der Waals surface area (Å²) in [5.74, 6) is -1.57. The van der Waals surface area contributed by atoms with Crippen LogP contribution in [0.2, 0.25) is 0 Å². The van der Waals surface area contributed by atoms with Crippen molar-refractivity contribution in [2.24, 2.45) is 0 Å². The maximum atomic E-state index is 12.9. The number of nitrogens with one attached hydrogen (secondary N) is 2. The van der Waals surface area contributed by atoms with Crippen LogP contribution in [-0.2, 0) is 19.4 Å². The lowest BCUT2D eigenvalue weighted by atomic mass is 10.2. The molecule has 0 unspecified atom stereocenters. The number of rotatable bonds is 5. The number of hydrogen-bond acceptors (Lipinski definition) is 5. The average Bonchev–Trinajstić information content (AvgIpc) is 3.08. The smallest absolute Gasteiger partial charge is 0.309 e. The van der Waals surface area contributed by atoms with Crippen molar-refractivity contribution < 1.29 is 22.4 Å². The number of furan rings is 1. The summed E-state index contributed by atoms with van der Waals surface area (Å²) in [6, 6.07) is 9.46. The van der Waals surface area contributed by atoms with Crippen LogP contribution in [0.1, 0.15) is 16.6 Å². The van der Waals surface area contributed by atoms with Gasteiger partial charge in [-0.1, -0.05) is 17.7 Å². The summed E-state index contributed by atoms with van der Waals surface area (Å²) in [4.78, 5) is 23.0. The van der Waals surface area contributed by atoms with E-state index < -0.39 is 26.9 Å². The van der Waals surface area contributed by atoms with Crippen LogP contribution < -0.4 is 10.6 Å². The summed E-state index contributed by atoms with van der Waals surface area (Å²) >= 11 is 0. The van der Waals surface area contributed by atoms with E-state index in [2.05, 4.69) is 10.6 Å². The SMILES string of the molecule is CNC(=O)C(=O)NC[C@@H](c1ccco1)S(=O)(=O)c1ccc(C)cc1. The predicted molar refractivity (Wildman–Crippen MR) is 86.9 cm³/mol. The second-order valence-electron chi connectivity index (χ2n) is 5.15. The second-order valence-corrected chi connectivity index (χ2v) is 7.28. The summed E-state index contributed by atoms with van der Waals surface area (Å²) in [5.41, 5.74) is 0.927. The largest absolute Gasteiger partial charge is 0.468 e. The van der Waals surface area contributed by atoms with E-state index in [9.17, 15) is 18.0 Å². The first-order valence-corrected chi connectivity index (χ1v) is 8.74. The van der Waals surface area contributed by atoms with Gasteiger partial charge in [0.05, 0.1) is 11.2 Å². The molecule has 1 heterocycles. The number of amides is 2. The monoisotopic (exact) mass is 350 g/mol. The van der Waals surface area contributed by atoms with Crippen molar-refractivity contribution in [3.63, 3.8) is 0 Å². The van der Waals surface area contributed by atoms with Crippen LogP contribution in [0.4, 0.5) is 0 Å². The zero-order valence-corrected chi connectivity index (χ0v) is 14.1. The van der Waals surface area contributed by atoms with E-state index in [4.69, 9.17) is 4.42 Å². The summed E-state index contributed by atoms with van der Waals surface area (Å²) in [6.07, 6.45) is 1.35. The van der Waals surface area contributed by atoms with Crippen molar-refractivity contribution in [3.8, 4) is 0 Å². The molecule has 0 spiro atoms. The van der Waals surface area contributed by atoms with Gasteiger partial charge in [-0.15, -0.1) is 0 Å². The first-order valence-electron chi connectivity index (χ1n) is 7.20. The number of aryl methyl sites for hydroxylation is 1.